The Kier molecular flexibility index (Phi) is 5.59. The van der Waals surface area contributed by atoms with E-state index in [0.717, 1.165) is 38.9 Å². The molecule has 0 N–H and O–H groups in total. The lowest BCUT2D eigenvalue weighted by Gasteiger charge is -2.44. The van der Waals surface area contributed by atoms with Crippen molar-refractivity contribution in [2.75, 3.05) is 9.80 Å². The number of fused-ring (bicyclic) bond motifs is 7. The summed E-state index contributed by atoms with van der Waals surface area (Å²) in [7, 11) is 0. The minimum atomic E-state index is 0.116. The van der Waals surface area contributed by atoms with E-state index in [4.69, 9.17) is 4.42 Å². The largest absolute Gasteiger partial charge is 0.456 e. The van der Waals surface area contributed by atoms with Crippen LogP contribution in [0.5, 0.6) is 0 Å². The van der Waals surface area contributed by atoms with Crippen LogP contribution in [-0.4, -0.2) is 6.71 Å². The van der Waals surface area contributed by atoms with Crippen LogP contribution in [0, 0.1) is 6.92 Å². The van der Waals surface area contributed by atoms with E-state index in [9.17, 15) is 0 Å². The SMILES string of the molecule is Cc1ccc(N2c3ccccc3B3c4ccccc4N(c4ccccc4)c4cccc2c43)c(-c2ccc3c(c2)oc2ccccc23)c1. The van der Waals surface area contributed by atoms with Gasteiger partial charge in [0.05, 0.1) is 5.69 Å². The van der Waals surface area contributed by atoms with Gasteiger partial charge in [-0.25, -0.2) is 0 Å². The molecule has 10 rings (SSSR count). The number of nitrogens with zero attached hydrogens (tertiary/aromatic N) is 2. The Bertz CT molecular complexity index is 2520. The van der Waals surface area contributed by atoms with Crippen LogP contribution < -0.4 is 26.2 Å². The fourth-order valence-corrected chi connectivity index (χ4v) is 7.92. The van der Waals surface area contributed by atoms with Crippen LogP contribution >= 0.6 is 0 Å². The molecule has 0 aliphatic carbocycles. The molecule has 2 aliphatic heterocycles. The van der Waals surface area contributed by atoms with Crippen molar-refractivity contribution in [3.05, 3.63) is 163 Å². The monoisotopic (exact) mass is 600 g/mol. The Morgan fingerprint density at radius 2 is 1.11 bits per heavy atom. The van der Waals surface area contributed by atoms with Crippen molar-refractivity contribution in [3.8, 4) is 11.1 Å². The molecule has 47 heavy (non-hydrogen) atoms. The van der Waals surface area contributed by atoms with Gasteiger partial charge in [-0.05, 0) is 95.6 Å². The first kappa shape index (κ1) is 26.2. The second-order valence-electron chi connectivity index (χ2n) is 12.6. The van der Waals surface area contributed by atoms with Crippen molar-refractivity contribution >= 4 is 79.2 Å². The smallest absolute Gasteiger partial charge is 0.252 e. The lowest BCUT2D eigenvalue weighted by atomic mass is 9.33. The van der Waals surface area contributed by atoms with Gasteiger partial charge in [-0.1, -0.05) is 96.6 Å². The quantitative estimate of drug-likeness (QED) is 0.188. The summed E-state index contributed by atoms with van der Waals surface area (Å²) in [6.45, 7) is 2.29. The Morgan fingerprint density at radius 1 is 0.468 bits per heavy atom. The molecule has 8 aromatic rings. The van der Waals surface area contributed by atoms with Gasteiger partial charge in [0.1, 0.15) is 11.2 Å². The van der Waals surface area contributed by atoms with Crippen molar-refractivity contribution in [2.45, 2.75) is 6.92 Å². The number of hydrogen-bond donors (Lipinski definition) is 0. The van der Waals surface area contributed by atoms with Crippen molar-refractivity contribution < 1.29 is 4.42 Å². The van der Waals surface area contributed by atoms with E-state index >= 15 is 0 Å². The molecule has 3 heterocycles. The maximum atomic E-state index is 6.36. The maximum absolute atomic E-state index is 6.36. The number of rotatable bonds is 3. The molecule has 1 aromatic heterocycles. The molecule has 0 spiro atoms. The molecule has 220 valence electrons. The van der Waals surface area contributed by atoms with Crippen molar-refractivity contribution in [1.82, 2.24) is 0 Å². The second-order valence-corrected chi connectivity index (χ2v) is 12.6. The normalized spacial score (nSPS) is 13.1. The minimum absolute atomic E-state index is 0.116. The van der Waals surface area contributed by atoms with Gasteiger partial charge in [0.2, 0.25) is 0 Å². The number of hydrogen-bond acceptors (Lipinski definition) is 3. The van der Waals surface area contributed by atoms with Crippen molar-refractivity contribution in [1.29, 1.82) is 0 Å². The fourth-order valence-electron chi connectivity index (χ4n) is 7.92. The molecule has 2 aliphatic rings. The van der Waals surface area contributed by atoms with Gasteiger partial charge < -0.3 is 14.2 Å². The highest BCUT2D eigenvalue weighted by Crippen LogP contribution is 2.46. The Hall–Kier alpha value is -6.00. The molecule has 3 nitrogen and oxygen atoms in total. The highest BCUT2D eigenvalue weighted by atomic mass is 16.3. The summed E-state index contributed by atoms with van der Waals surface area (Å²) in [5.41, 5.74) is 16.5. The summed E-state index contributed by atoms with van der Waals surface area (Å²) in [5, 5.41) is 2.29. The Balaban J connectivity index is 1.24. The van der Waals surface area contributed by atoms with Gasteiger partial charge in [0, 0.05) is 44.8 Å². The highest BCUT2D eigenvalue weighted by Gasteiger charge is 2.43. The van der Waals surface area contributed by atoms with Crippen LogP contribution in [0.3, 0.4) is 0 Å². The summed E-state index contributed by atoms with van der Waals surface area (Å²) in [6, 6.07) is 57.2. The molecule has 7 aromatic carbocycles. The van der Waals surface area contributed by atoms with Crippen molar-refractivity contribution in [2.24, 2.45) is 0 Å². The molecule has 0 unspecified atom stereocenters. The topological polar surface area (TPSA) is 19.6 Å². The zero-order chi connectivity index (χ0) is 31.1. The predicted molar refractivity (Wildman–Crippen MR) is 198 cm³/mol. The van der Waals surface area contributed by atoms with E-state index < -0.39 is 0 Å². The summed E-state index contributed by atoms with van der Waals surface area (Å²) in [4.78, 5) is 4.92. The molecule has 0 fully saturated rings. The van der Waals surface area contributed by atoms with E-state index in [2.05, 4.69) is 162 Å². The summed E-state index contributed by atoms with van der Waals surface area (Å²) < 4.78 is 6.36. The number of aryl methyl sites for hydroxylation is 1. The average Bonchev–Trinajstić information content (AvgIpc) is 3.50. The number of benzene rings is 7. The Labute approximate surface area is 274 Å². The molecule has 4 heteroatoms. The number of para-hydroxylation sites is 4. The molecular weight excluding hydrogens is 571 g/mol. The van der Waals surface area contributed by atoms with Gasteiger partial charge in [-0.3, -0.25) is 0 Å². The van der Waals surface area contributed by atoms with Crippen LogP contribution in [0.1, 0.15) is 5.56 Å². The van der Waals surface area contributed by atoms with Gasteiger partial charge in [0.15, 0.2) is 0 Å². The van der Waals surface area contributed by atoms with E-state index in [1.54, 1.807) is 0 Å². The fraction of sp³-hybridized carbons (Fsp3) is 0.0233. The maximum Gasteiger partial charge on any atom is 0.252 e. The Morgan fingerprint density at radius 3 is 1.91 bits per heavy atom. The predicted octanol–water partition coefficient (Wildman–Crippen LogP) is 9.64. The zero-order valence-electron chi connectivity index (χ0n) is 25.9. The molecule has 0 saturated carbocycles. The summed E-state index contributed by atoms with van der Waals surface area (Å²) in [6.07, 6.45) is 0. The summed E-state index contributed by atoms with van der Waals surface area (Å²) >= 11 is 0. The molecule has 0 amide bonds. The van der Waals surface area contributed by atoms with Crippen LogP contribution in [0.15, 0.2) is 162 Å². The molecule has 0 atom stereocenters. The molecular formula is C43H29BN2O. The summed E-state index contributed by atoms with van der Waals surface area (Å²) in [5.74, 6) is 0. The third-order valence-corrected chi connectivity index (χ3v) is 9.91. The minimum Gasteiger partial charge on any atom is -0.456 e. The van der Waals surface area contributed by atoms with Crippen LogP contribution in [0.2, 0.25) is 0 Å². The van der Waals surface area contributed by atoms with Crippen molar-refractivity contribution in [3.63, 3.8) is 0 Å². The standard InChI is InChI=1S/C43H29BN2O/c1-28-22-25-36(33(26-28)29-23-24-32-31-14-5-10-21-41(31)47-42(32)27-29)46-38-18-9-7-16-35(38)44-34-15-6-8-17-37(34)45(30-12-3-2-4-13-30)39-19-11-20-40(46)43(39)44/h2-27H,1H3. The third-order valence-electron chi connectivity index (χ3n) is 9.91. The molecule has 0 radical (unpaired) electrons. The van der Waals surface area contributed by atoms with E-state index in [-0.39, 0.29) is 6.71 Å². The highest BCUT2D eigenvalue weighted by molar-refractivity contribution is 7.00. The molecule has 0 bridgehead atoms. The van der Waals surface area contributed by atoms with Gasteiger partial charge in [-0.2, -0.15) is 0 Å². The van der Waals surface area contributed by atoms with Crippen LogP contribution in [0.25, 0.3) is 33.1 Å². The van der Waals surface area contributed by atoms with E-state index in [0.29, 0.717) is 0 Å². The number of anilines is 6. The first-order valence-corrected chi connectivity index (χ1v) is 16.2. The van der Waals surface area contributed by atoms with Gasteiger partial charge in [0.25, 0.3) is 6.71 Å². The van der Waals surface area contributed by atoms with Gasteiger partial charge >= 0.3 is 0 Å². The van der Waals surface area contributed by atoms with Crippen LogP contribution in [-0.2, 0) is 0 Å². The lowest BCUT2D eigenvalue weighted by Crippen LogP contribution is -2.61. The average molecular weight is 601 g/mol. The number of furan rings is 1. The van der Waals surface area contributed by atoms with Gasteiger partial charge in [-0.15, -0.1) is 0 Å². The second kappa shape index (κ2) is 10.0. The van der Waals surface area contributed by atoms with E-state index in [1.165, 1.54) is 50.3 Å². The van der Waals surface area contributed by atoms with Crippen LogP contribution in [0.4, 0.5) is 34.1 Å². The first-order chi connectivity index (χ1) is 23.2. The lowest BCUT2D eigenvalue weighted by molar-refractivity contribution is 0.669. The third kappa shape index (κ3) is 3.82. The van der Waals surface area contributed by atoms with E-state index in [1.807, 2.05) is 12.1 Å². The first-order valence-electron chi connectivity index (χ1n) is 16.2. The molecule has 0 saturated heterocycles. The zero-order valence-corrected chi connectivity index (χ0v) is 25.9.